The minimum Gasteiger partial charge on any atom is -0.481 e. The van der Waals surface area contributed by atoms with Gasteiger partial charge in [0.05, 0.1) is 11.5 Å². The monoisotopic (exact) mass is 224 g/mol. The topological polar surface area (TPSA) is 57.5 Å². The van der Waals surface area contributed by atoms with Gasteiger partial charge in [0.1, 0.15) is 0 Å². The van der Waals surface area contributed by atoms with Gasteiger partial charge in [0.2, 0.25) is 0 Å². The smallest absolute Gasteiger partial charge is 0.306 e. The summed E-state index contributed by atoms with van der Waals surface area (Å²) in [6, 6.07) is 0. The molecular formula is C13H20O3. The molecule has 2 N–H and O–H groups in total. The van der Waals surface area contributed by atoms with E-state index in [-0.39, 0.29) is 5.92 Å². The summed E-state index contributed by atoms with van der Waals surface area (Å²) in [7, 11) is 0. The number of carbonyl (C=O) groups is 1. The van der Waals surface area contributed by atoms with E-state index >= 15 is 0 Å². The van der Waals surface area contributed by atoms with E-state index in [1.165, 1.54) is 25.7 Å². The fourth-order valence-corrected chi connectivity index (χ4v) is 4.31. The Hall–Kier alpha value is -0.570. The molecule has 0 spiro atoms. The minimum atomic E-state index is -0.738. The van der Waals surface area contributed by atoms with E-state index in [2.05, 4.69) is 0 Å². The van der Waals surface area contributed by atoms with Crippen LogP contribution in [0.4, 0.5) is 0 Å². The highest BCUT2D eigenvalue weighted by Gasteiger charge is 2.50. The molecular weight excluding hydrogens is 204 g/mol. The van der Waals surface area contributed by atoms with Crippen molar-refractivity contribution in [2.75, 3.05) is 0 Å². The van der Waals surface area contributed by atoms with Crippen LogP contribution in [0, 0.1) is 23.7 Å². The number of hydrogen-bond donors (Lipinski definition) is 2. The van der Waals surface area contributed by atoms with Gasteiger partial charge >= 0.3 is 5.97 Å². The predicted molar refractivity (Wildman–Crippen MR) is 58.9 cm³/mol. The second kappa shape index (κ2) is 3.46. The average Bonchev–Trinajstić information content (AvgIpc) is 2.74. The zero-order chi connectivity index (χ0) is 11.3. The first kappa shape index (κ1) is 10.6. The van der Waals surface area contributed by atoms with Crippen LogP contribution in [-0.2, 0) is 4.79 Å². The van der Waals surface area contributed by atoms with E-state index in [1.54, 1.807) is 0 Å². The molecule has 3 saturated carbocycles. The van der Waals surface area contributed by atoms with Gasteiger partial charge in [-0.3, -0.25) is 4.79 Å². The van der Waals surface area contributed by atoms with Crippen LogP contribution in [-0.4, -0.2) is 21.8 Å². The third kappa shape index (κ3) is 1.65. The summed E-state index contributed by atoms with van der Waals surface area (Å²) in [5, 5.41) is 19.1. The molecule has 0 aromatic carbocycles. The van der Waals surface area contributed by atoms with E-state index in [9.17, 15) is 9.90 Å². The number of carboxylic acid groups (broad SMARTS) is 1. The standard InChI is InChI=1S/C13H20O3/c14-12(15)11-6-13(16,7-11)5-10-4-8-1-2-9(10)3-8/h8-11,16H,1-7H2,(H,14,15). The number of hydrogen-bond acceptors (Lipinski definition) is 2. The summed E-state index contributed by atoms with van der Waals surface area (Å²) < 4.78 is 0. The highest BCUT2D eigenvalue weighted by atomic mass is 16.4. The number of aliphatic hydroxyl groups is 1. The van der Waals surface area contributed by atoms with Gasteiger partial charge in [0.15, 0.2) is 0 Å². The summed E-state index contributed by atoms with van der Waals surface area (Å²) >= 11 is 0. The lowest BCUT2D eigenvalue weighted by atomic mass is 9.65. The van der Waals surface area contributed by atoms with Crippen LogP contribution in [0.3, 0.4) is 0 Å². The van der Waals surface area contributed by atoms with Crippen molar-refractivity contribution in [3.63, 3.8) is 0 Å². The lowest BCUT2D eigenvalue weighted by Gasteiger charge is -2.44. The molecule has 3 atom stereocenters. The van der Waals surface area contributed by atoms with Crippen LogP contribution in [0.15, 0.2) is 0 Å². The number of fused-ring (bicyclic) bond motifs is 2. The Morgan fingerprint density at radius 1 is 1.25 bits per heavy atom. The lowest BCUT2D eigenvalue weighted by Crippen LogP contribution is -2.48. The Bertz CT molecular complexity index is 306. The van der Waals surface area contributed by atoms with Crippen LogP contribution < -0.4 is 0 Å². The second-order valence-corrected chi connectivity index (χ2v) is 6.31. The number of aliphatic carboxylic acids is 1. The number of rotatable bonds is 3. The Balaban J connectivity index is 1.54. The molecule has 0 radical (unpaired) electrons. The van der Waals surface area contributed by atoms with E-state index in [1.807, 2.05) is 0 Å². The SMILES string of the molecule is O=C(O)C1CC(O)(CC2CC3CCC2C3)C1. The first-order chi connectivity index (χ1) is 7.56. The molecule has 3 rings (SSSR count). The molecule has 3 heteroatoms. The molecule has 16 heavy (non-hydrogen) atoms. The van der Waals surface area contributed by atoms with Crippen molar-refractivity contribution in [3.8, 4) is 0 Å². The van der Waals surface area contributed by atoms with Gasteiger partial charge in [0, 0.05) is 0 Å². The molecule has 0 heterocycles. The lowest BCUT2D eigenvalue weighted by molar-refractivity contribution is -0.161. The summed E-state index contributed by atoms with van der Waals surface area (Å²) in [5.74, 6) is 1.39. The third-order valence-electron chi connectivity index (χ3n) is 5.13. The molecule has 3 unspecified atom stereocenters. The quantitative estimate of drug-likeness (QED) is 0.771. The average molecular weight is 224 g/mol. The summed E-state index contributed by atoms with van der Waals surface area (Å²) in [4.78, 5) is 10.7. The first-order valence-electron chi connectivity index (χ1n) is 6.51. The maximum Gasteiger partial charge on any atom is 0.306 e. The molecule has 3 fully saturated rings. The van der Waals surface area contributed by atoms with Crippen molar-refractivity contribution >= 4 is 5.97 Å². The van der Waals surface area contributed by atoms with Gasteiger partial charge in [-0.1, -0.05) is 6.42 Å². The normalized spacial score (nSPS) is 50.3. The van der Waals surface area contributed by atoms with Crippen molar-refractivity contribution in [1.82, 2.24) is 0 Å². The molecule has 0 amide bonds. The third-order valence-corrected chi connectivity index (χ3v) is 5.13. The largest absolute Gasteiger partial charge is 0.481 e. The molecule has 0 aromatic rings. The molecule has 0 aliphatic heterocycles. The van der Waals surface area contributed by atoms with Crippen LogP contribution >= 0.6 is 0 Å². The molecule has 2 bridgehead atoms. The van der Waals surface area contributed by atoms with Crippen LogP contribution in [0.1, 0.15) is 44.9 Å². The molecule has 0 aromatic heterocycles. The highest BCUT2D eigenvalue weighted by Crippen LogP contribution is 2.53. The fraction of sp³-hybridized carbons (Fsp3) is 0.923. The van der Waals surface area contributed by atoms with Crippen LogP contribution in [0.25, 0.3) is 0 Å². The van der Waals surface area contributed by atoms with Gasteiger partial charge in [0.25, 0.3) is 0 Å². The Morgan fingerprint density at radius 3 is 2.50 bits per heavy atom. The van der Waals surface area contributed by atoms with Crippen molar-refractivity contribution in [3.05, 3.63) is 0 Å². The van der Waals surface area contributed by atoms with Gasteiger partial charge in [-0.15, -0.1) is 0 Å². The molecule has 90 valence electrons. The Labute approximate surface area is 95.9 Å². The van der Waals surface area contributed by atoms with E-state index < -0.39 is 11.6 Å². The zero-order valence-electron chi connectivity index (χ0n) is 9.56. The predicted octanol–water partition coefficient (Wildman–Crippen LogP) is 2.04. The summed E-state index contributed by atoms with van der Waals surface area (Å²) in [6.07, 6.45) is 7.20. The van der Waals surface area contributed by atoms with E-state index in [0.717, 1.165) is 18.3 Å². The number of carboxylic acids is 1. The molecule has 3 aliphatic carbocycles. The molecule has 0 saturated heterocycles. The first-order valence-corrected chi connectivity index (χ1v) is 6.51. The van der Waals surface area contributed by atoms with Crippen molar-refractivity contribution in [2.45, 2.75) is 50.5 Å². The molecule has 3 nitrogen and oxygen atoms in total. The van der Waals surface area contributed by atoms with E-state index in [0.29, 0.717) is 18.8 Å². The van der Waals surface area contributed by atoms with Crippen molar-refractivity contribution in [2.24, 2.45) is 23.7 Å². The Morgan fingerprint density at radius 2 is 2.00 bits per heavy atom. The van der Waals surface area contributed by atoms with Gasteiger partial charge in [-0.25, -0.2) is 0 Å². The fourth-order valence-electron chi connectivity index (χ4n) is 4.31. The Kier molecular flexibility index (Phi) is 2.29. The summed E-state index contributed by atoms with van der Waals surface area (Å²) in [6.45, 7) is 0. The maximum absolute atomic E-state index is 10.7. The van der Waals surface area contributed by atoms with Crippen LogP contribution in [0.5, 0.6) is 0 Å². The van der Waals surface area contributed by atoms with E-state index in [4.69, 9.17) is 5.11 Å². The van der Waals surface area contributed by atoms with Gasteiger partial charge < -0.3 is 10.2 Å². The van der Waals surface area contributed by atoms with Gasteiger partial charge in [-0.05, 0) is 56.3 Å². The molecule has 3 aliphatic rings. The zero-order valence-corrected chi connectivity index (χ0v) is 9.56. The highest BCUT2D eigenvalue weighted by molar-refractivity contribution is 5.71. The second-order valence-electron chi connectivity index (χ2n) is 6.31. The minimum absolute atomic E-state index is 0.288. The maximum atomic E-state index is 10.7. The van der Waals surface area contributed by atoms with Crippen molar-refractivity contribution in [1.29, 1.82) is 0 Å². The van der Waals surface area contributed by atoms with Crippen LogP contribution in [0.2, 0.25) is 0 Å². The summed E-state index contributed by atoms with van der Waals surface area (Å²) in [5.41, 5.74) is -0.641. The van der Waals surface area contributed by atoms with Crippen molar-refractivity contribution < 1.29 is 15.0 Å². The van der Waals surface area contributed by atoms with Gasteiger partial charge in [-0.2, -0.15) is 0 Å².